The van der Waals surface area contributed by atoms with E-state index in [4.69, 9.17) is 4.74 Å². The van der Waals surface area contributed by atoms with Gasteiger partial charge in [0.15, 0.2) is 0 Å². The van der Waals surface area contributed by atoms with E-state index in [1.165, 1.54) is 6.20 Å². The molecule has 7 nitrogen and oxygen atoms in total. The number of benzene rings is 2. The molecule has 1 atom stereocenters. The molecule has 0 saturated heterocycles. The van der Waals surface area contributed by atoms with Crippen LogP contribution in [0.3, 0.4) is 0 Å². The highest BCUT2D eigenvalue weighted by Gasteiger charge is 2.20. The number of carbonyl (C=O) groups excluding carboxylic acids is 1. The van der Waals surface area contributed by atoms with E-state index in [9.17, 15) is 9.59 Å². The summed E-state index contributed by atoms with van der Waals surface area (Å²) >= 11 is 0. The van der Waals surface area contributed by atoms with E-state index in [1.54, 1.807) is 26.2 Å². The first-order valence-corrected chi connectivity index (χ1v) is 9.29. The Morgan fingerprint density at radius 1 is 1.14 bits per heavy atom. The molecule has 0 aliphatic carbocycles. The second kappa shape index (κ2) is 8.26. The van der Waals surface area contributed by atoms with E-state index in [2.05, 4.69) is 15.4 Å². The molecule has 1 aromatic heterocycles. The Morgan fingerprint density at radius 3 is 2.45 bits per heavy atom. The number of nitrogens with zero attached hydrogens (tertiary/aromatic N) is 3. The normalized spacial score (nSPS) is 11.8. The van der Waals surface area contributed by atoms with Crippen molar-refractivity contribution in [2.75, 3.05) is 12.4 Å². The lowest BCUT2D eigenvalue weighted by atomic mass is 10.0. The lowest BCUT2D eigenvalue weighted by Crippen LogP contribution is -2.35. The number of ether oxygens (including phenoxy) is 1. The van der Waals surface area contributed by atoms with Crippen LogP contribution in [0.1, 0.15) is 29.7 Å². The third-order valence-electron chi connectivity index (χ3n) is 4.75. The van der Waals surface area contributed by atoms with Crippen molar-refractivity contribution < 1.29 is 9.53 Å². The summed E-state index contributed by atoms with van der Waals surface area (Å²) in [6.07, 6.45) is 1.47. The number of carbonyl (C=O) groups is 1. The molecule has 0 radical (unpaired) electrons. The third kappa shape index (κ3) is 4.34. The van der Waals surface area contributed by atoms with Crippen molar-refractivity contribution in [1.82, 2.24) is 14.8 Å². The molecule has 2 aromatic carbocycles. The summed E-state index contributed by atoms with van der Waals surface area (Å²) in [5.41, 5.74) is 4.35. The molecule has 0 bridgehead atoms. The van der Waals surface area contributed by atoms with Crippen molar-refractivity contribution in [3.8, 4) is 17.0 Å². The Morgan fingerprint density at radius 2 is 1.83 bits per heavy atom. The number of hydrogen-bond acceptors (Lipinski definition) is 5. The van der Waals surface area contributed by atoms with Gasteiger partial charge in [0.25, 0.3) is 0 Å². The fourth-order valence-electron chi connectivity index (χ4n) is 3.25. The number of rotatable bonds is 5. The topological polar surface area (TPSA) is 86.1 Å². The Kier molecular flexibility index (Phi) is 5.77. The zero-order valence-corrected chi connectivity index (χ0v) is 17.2. The minimum Gasteiger partial charge on any atom is -0.497 e. The van der Waals surface area contributed by atoms with Gasteiger partial charge in [-0.25, -0.2) is 9.48 Å². The number of anilines is 1. The predicted octanol–water partition coefficient (Wildman–Crippen LogP) is 3.44. The molecule has 0 spiro atoms. The van der Waals surface area contributed by atoms with Crippen molar-refractivity contribution in [3.05, 3.63) is 69.8 Å². The summed E-state index contributed by atoms with van der Waals surface area (Å²) < 4.78 is 6.28. The number of amides is 1. The zero-order valence-electron chi connectivity index (χ0n) is 17.2. The van der Waals surface area contributed by atoms with Crippen LogP contribution >= 0.6 is 0 Å². The van der Waals surface area contributed by atoms with Crippen LogP contribution in [0.2, 0.25) is 0 Å². The lowest BCUT2D eigenvalue weighted by Gasteiger charge is -2.17. The van der Waals surface area contributed by atoms with E-state index >= 15 is 0 Å². The smallest absolute Gasteiger partial charge is 0.365 e. The second-order valence-electron chi connectivity index (χ2n) is 7.04. The van der Waals surface area contributed by atoms with Gasteiger partial charge in [-0.15, -0.1) is 0 Å². The molecule has 3 rings (SSSR count). The molecule has 0 saturated carbocycles. The molecule has 150 valence electrons. The molecule has 7 heteroatoms. The van der Waals surface area contributed by atoms with E-state index < -0.39 is 11.7 Å². The van der Waals surface area contributed by atoms with Gasteiger partial charge in [-0.05, 0) is 51.0 Å². The third-order valence-corrected chi connectivity index (χ3v) is 4.75. The monoisotopic (exact) mass is 392 g/mol. The molecular weight excluding hydrogens is 368 g/mol. The van der Waals surface area contributed by atoms with Gasteiger partial charge in [0.05, 0.1) is 19.0 Å². The Balaban J connectivity index is 1.85. The average molecular weight is 392 g/mol. The van der Waals surface area contributed by atoms with Crippen LogP contribution in [0.15, 0.2) is 47.4 Å². The number of methoxy groups -OCH3 is 1. The Bertz CT molecular complexity index is 1100. The number of aromatic nitrogens is 3. The largest absolute Gasteiger partial charge is 0.497 e. The first-order valence-electron chi connectivity index (χ1n) is 9.29. The molecule has 0 unspecified atom stereocenters. The second-order valence-corrected chi connectivity index (χ2v) is 7.04. The molecule has 0 aliphatic rings. The summed E-state index contributed by atoms with van der Waals surface area (Å²) in [6.45, 7) is 7.51. The Hall–Kier alpha value is -3.48. The summed E-state index contributed by atoms with van der Waals surface area (Å²) in [5, 5.41) is 7.08. The first-order chi connectivity index (χ1) is 13.8. The van der Waals surface area contributed by atoms with E-state index in [0.29, 0.717) is 17.0 Å². The summed E-state index contributed by atoms with van der Waals surface area (Å²) in [6, 6.07) is 10.4. The van der Waals surface area contributed by atoms with Gasteiger partial charge >= 0.3 is 5.69 Å². The van der Waals surface area contributed by atoms with Crippen LogP contribution in [0.25, 0.3) is 11.3 Å². The van der Waals surface area contributed by atoms with E-state index in [-0.39, 0.29) is 5.91 Å². The lowest BCUT2D eigenvalue weighted by molar-refractivity contribution is -0.119. The van der Waals surface area contributed by atoms with Crippen LogP contribution < -0.4 is 15.7 Å². The number of nitrogens with one attached hydrogen (secondary N) is 1. The van der Waals surface area contributed by atoms with Gasteiger partial charge < -0.3 is 10.1 Å². The van der Waals surface area contributed by atoms with Gasteiger partial charge in [-0.3, -0.25) is 4.79 Å². The van der Waals surface area contributed by atoms with Gasteiger partial charge in [0.1, 0.15) is 11.8 Å². The molecule has 3 aromatic rings. The Labute approximate surface area is 169 Å². The average Bonchev–Trinajstić information content (AvgIpc) is 2.70. The van der Waals surface area contributed by atoms with Crippen LogP contribution in [-0.2, 0) is 4.79 Å². The maximum Gasteiger partial charge on any atom is 0.365 e. The van der Waals surface area contributed by atoms with Crippen LogP contribution in [0.5, 0.6) is 5.75 Å². The molecule has 1 heterocycles. The van der Waals surface area contributed by atoms with E-state index in [1.807, 2.05) is 45.0 Å². The number of aryl methyl sites for hydroxylation is 3. The quantitative estimate of drug-likeness (QED) is 0.719. The predicted molar refractivity (Wildman–Crippen MR) is 112 cm³/mol. The summed E-state index contributed by atoms with van der Waals surface area (Å²) in [4.78, 5) is 29.3. The van der Waals surface area contributed by atoms with Crippen LogP contribution in [0, 0.1) is 20.8 Å². The zero-order chi connectivity index (χ0) is 21.1. The minimum atomic E-state index is -0.811. The van der Waals surface area contributed by atoms with Crippen LogP contribution in [0.4, 0.5) is 5.69 Å². The molecule has 29 heavy (non-hydrogen) atoms. The highest BCUT2D eigenvalue weighted by atomic mass is 16.5. The fourth-order valence-corrected chi connectivity index (χ4v) is 3.25. The van der Waals surface area contributed by atoms with Gasteiger partial charge in [-0.2, -0.15) is 10.1 Å². The van der Waals surface area contributed by atoms with Gasteiger partial charge in [0.2, 0.25) is 5.91 Å². The first kappa shape index (κ1) is 20.3. The molecule has 1 N–H and O–H groups in total. The molecule has 0 aliphatic heterocycles. The highest BCUT2D eigenvalue weighted by molar-refractivity contribution is 5.94. The van der Waals surface area contributed by atoms with Crippen molar-refractivity contribution in [1.29, 1.82) is 0 Å². The maximum absolute atomic E-state index is 12.7. The SMILES string of the molecule is COc1cccc(-c2cnn([C@@H](C)C(=O)Nc3c(C)cc(C)cc3C)c(=O)n2)c1. The standard InChI is InChI=1S/C22H24N4O3/c1-13-9-14(2)20(15(3)10-13)25-21(27)16(4)26-22(28)24-19(12-23-26)17-7-6-8-18(11-17)29-5/h6-12,16H,1-5H3,(H,25,27)/t16-/m0/s1. The number of hydrogen-bond donors (Lipinski definition) is 1. The molecule has 0 fully saturated rings. The molecular formula is C22H24N4O3. The highest BCUT2D eigenvalue weighted by Crippen LogP contribution is 2.23. The van der Waals surface area contributed by atoms with Crippen molar-refractivity contribution in [2.24, 2.45) is 0 Å². The van der Waals surface area contributed by atoms with Crippen molar-refractivity contribution in [3.63, 3.8) is 0 Å². The van der Waals surface area contributed by atoms with Gasteiger partial charge in [0, 0.05) is 11.3 Å². The van der Waals surface area contributed by atoms with E-state index in [0.717, 1.165) is 27.1 Å². The van der Waals surface area contributed by atoms with Crippen molar-refractivity contribution in [2.45, 2.75) is 33.7 Å². The summed E-state index contributed by atoms with van der Waals surface area (Å²) in [5.74, 6) is 0.329. The maximum atomic E-state index is 12.7. The molecule has 1 amide bonds. The van der Waals surface area contributed by atoms with Gasteiger partial charge in [-0.1, -0.05) is 29.8 Å². The minimum absolute atomic E-state index is 0.328. The fraction of sp³-hybridized carbons (Fsp3) is 0.273. The van der Waals surface area contributed by atoms with Crippen LogP contribution in [-0.4, -0.2) is 27.8 Å². The summed E-state index contributed by atoms with van der Waals surface area (Å²) in [7, 11) is 1.57. The van der Waals surface area contributed by atoms with Crippen molar-refractivity contribution >= 4 is 11.6 Å².